The summed E-state index contributed by atoms with van der Waals surface area (Å²) in [6.07, 6.45) is 2.18. The summed E-state index contributed by atoms with van der Waals surface area (Å²) in [6, 6.07) is 8.03. The van der Waals surface area contributed by atoms with Crippen molar-refractivity contribution in [1.82, 2.24) is 10.3 Å². The molecule has 2 aromatic rings. The highest BCUT2D eigenvalue weighted by Crippen LogP contribution is 2.25. The van der Waals surface area contributed by atoms with Crippen LogP contribution in [0.2, 0.25) is 5.02 Å². The molecule has 0 radical (unpaired) electrons. The Kier molecular flexibility index (Phi) is 4.35. The zero-order chi connectivity index (χ0) is 13.8. The van der Waals surface area contributed by atoms with Gasteiger partial charge in [-0.25, -0.2) is 9.37 Å². The van der Waals surface area contributed by atoms with E-state index in [4.69, 9.17) is 17.3 Å². The van der Waals surface area contributed by atoms with Crippen LogP contribution in [0.3, 0.4) is 0 Å². The maximum absolute atomic E-state index is 13.9. The number of pyridine rings is 1. The van der Waals surface area contributed by atoms with Gasteiger partial charge in [-0.15, -0.1) is 0 Å². The van der Waals surface area contributed by atoms with Crippen molar-refractivity contribution in [3.05, 3.63) is 58.5 Å². The third-order valence-corrected chi connectivity index (χ3v) is 3.27. The van der Waals surface area contributed by atoms with E-state index in [0.29, 0.717) is 22.8 Å². The van der Waals surface area contributed by atoms with E-state index in [1.807, 2.05) is 12.1 Å². The number of nitrogens with two attached hydrogens (primary N) is 1. The maximum atomic E-state index is 13.9. The highest BCUT2D eigenvalue weighted by Gasteiger charge is 2.16. The molecule has 1 heterocycles. The zero-order valence-electron chi connectivity index (χ0n) is 10.5. The van der Waals surface area contributed by atoms with Crippen molar-refractivity contribution < 1.29 is 4.39 Å². The maximum Gasteiger partial charge on any atom is 0.128 e. The van der Waals surface area contributed by atoms with Gasteiger partial charge >= 0.3 is 0 Å². The van der Waals surface area contributed by atoms with Gasteiger partial charge in [-0.1, -0.05) is 17.7 Å². The second-order valence-electron chi connectivity index (χ2n) is 4.26. The number of nitrogens with one attached hydrogen (secondary N) is 1. The average Bonchev–Trinajstić information content (AvgIpc) is 2.41. The fourth-order valence-corrected chi connectivity index (χ4v) is 2.17. The SMILES string of the molecule is CNC(Cc1cccnc1N)c1cc(Cl)ccc1F. The fourth-order valence-electron chi connectivity index (χ4n) is 1.99. The summed E-state index contributed by atoms with van der Waals surface area (Å²) in [4.78, 5) is 4.03. The van der Waals surface area contributed by atoms with Crippen molar-refractivity contribution in [3.8, 4) is 0 Å². The molecule has 3 nitrogen and oxygen atoms in total. The van der Waals surface area contributed by atoms with Gasteiger partial charge in [0.1, 0.15) is 11.6 Å². The third-order valence-electron chi connectivity index (χ3n) is 3.03. The lowest BCUT2D eigenvalue weighted by Crippen LogP contribution is -2.20. The van der Waals surface area contributed by atoms with E-state index in [9.17, 15) is 4.39 Å². The summed E-state index contributed by atoms with van der Waals surface area (Å²) in [6.45, 7) is 0. The van der Waals surface area contributed by atoms with Gasteiger partial charge in [0.25, 0.3) is 0 Å². The number of anilines is 1. The lowest BCUT2D eigenvalue weighted by atomic mass is 9.99. The number of aromatic nitrogens is 1. The molecular formula is C14H15ClFN3. The Bertz CT molecular complexity index is 574. The first-order chi connectivity index (χ1) is 9.11. The van der Waals surface area contributed by atoms with Gasteiger partial charge in [0.2, 0.25) is 0 Å². The van der Waals surface area contributed by atoms with Crippen LogP contribution in [-0.4, -0.2) is 12.0 Å². The topological polar surface area (TPSA) is 50.9 Å². The van der Waals surface area contributed by atoms with Crippen molar-refractivity contribution >= 4 is 17.4 Å². The first-order valence-corrected chi connectivity index (χ1v) is 6.31. The summed E-state index contributed by atoms with van der Waals surface area (Å²) in [5.74, 6) is 0.177. The van der Waals surface area contributed by atoms with E-state index in [-0.39, 0.29) is 11.9 Å². The first-order valence-electron chi connectivity index (χ1n) is 5.93. The average molecular weight is 280 g/mol. The fraction of sp³-hybridized carbons (Fsp3) is 0.214. The molecule has 1 aromatic heterocycles. The lowest BCUT2D eigenvalue weighted by Gasteiger charge is -2.18. The number of hydrogen-bond acceptors (Lipinski definition) is 3. The number of nitrogens with zero attached hydrogens (tertiary/aromatic N) is 1. The number of benzene rings is 1. The quantitative estimate of drug-likeness (QED) is 0.905. The predicted molar refractivity (Wildman–Crippen MR) is 75.6 cm³/mol. The number of halogens is 2. The zero-order valence-corrected chi connectivity index (χ0v) is 11.3. The molecule has 0 fully saturated rings. The summed E-state index contributed by atoms with van der Waals surface area (Å²) in [5, 5.41) is 3.59. The van der Waals surface area contributed by atoms with Crippen molar-refractivity contribution in [1.29, 1.82) is 0 Å². The normalized spacial score (nSPS) is 12.4. The molecule has 0 saturated carbocycles. The minimum absolute atomic E-state index is 0.204. The molecule has 100 valence electrons. The molecular weight excluding hydrogens is 265 g/mol. The Labute approximate surface area is 116 Å². The van der Waals surface area contributed by atoms with Gasteiger partial charge in [-0.05, 0) is 43.3 Å². The molecule has 1 unspecified atom stereocenters. The second kappa shape index (κ2) is 5.99. The van der Waals surface area contributed by atoms with Gasteiger partial charge in [-0.2, -0.15) is 0 Å². The highest BCUT2D eigenvalue weighted by molar-refractivity contribution is 6.30. The van der Waals surface area contributed by atoms with E-state index in [1.54, 1.807) is 19.3 Å². The molecule has 0 aliphatic carbocycles. The van der Waals surface area contributed by atoms with Gasteiger partial charge in [0.05, 0.1) is 0 Å². The highest BCUT2D eigenvalue weighted by atomic mass is 35.5. The van der Waals surface area contributed by atoms with Crippen LogP contribution in [0.15, 0.2) is 36.5 Å². The number of likely N-dealkylation sites (N-methyl/N-ethyl adjacent to an activating group) is 1. The number of nitrogen functional groups attached to an aromatic ring is 1. The molecule has 0 amide bonds. The van der Waals surface area contributed by atoms with E-state index in [1.165, 1.54) is 12.1 Å². The molecule has 2 rings (SSSR count). The van der Waals surface area contributed by atoms with E-state index < -0.39 is 0 Å². The van der Waals surface area contributed by atoms with Gasteiger partial charge in [-0.3, -0.25) is 0 Å². The Hall–Kier alpha value is -1.65. The third kappa shape index (κ3) is 3.22. The van der Waals surface area contributed by atoms with Crippen LogP contribution < -0.4 is 11.1 Å². The summed E-state index contributed by atoms with van der Waals surface area (Å²) in [5.41, 5.74) is 7.21. The van der Waals surface area contributed by atoms with Crippen LogP contribution in [0.25, 0.3) is 0 Å². The summed E-state index contributed by atoms with van der Waals surface area (Å²) >= 11 is 5.92. The van der Waals surface area contributed by atoms with Crippen LogP contribution in [0.5, 0.6) is 0 Å². The molecule has 0 spiro atoms. The first kappa shape index (κ1) is 13.8. The molecule has 3 N–H and O–H groups in total. The summed E-state index contributed by atoms with van der Waals surface area (Å²) < 4.78 is 13.9. The Morgan fingerprint density at radius 2 is 2.21 bits per heavy atom. The van der Waals surface area contributed by atoms with Crippen LogP contribution in [0, 0.1) is 5.82 Å². The molecule has 1 atom stereocenters. The lowest BCUT2D eigenvalue weighted by molar-refractivity contribution is 0.534. The van der Waals surface area contributed by atoms with Crippen molar-refractivity contribution in [2.24, 2.45) is 0 Å². The molecule has 1 aromatic carbocycles. The predicted octanol–water partition coefficient (Wildman–Crippen LogP) is 2.96. The van der Waals surface area contributed by atoms with E-state index >= 15 is 0 Å². The van der Waals surface area contributed by atoms with Gasteiger partial charge in [0.15, 0.2) is 0 Å². The Morgan fingerprint density at radius 3 is 2.89 bits per heavy atom. The molecule has 0 bridgehead atoms. The molecule has 0 aliphatic heterocycles. The van der Waals surface area contributed by atoms with E-state index in [0.717, 1.165) is 5.56 Å². The van der Waals surface area contributed by atoms with Crippen molar-refractivity contribution in [3.63, 3.8) is 0 Å². The minimum atomic E-state index is -0.286. The van der Waals surface area contributed by atoms with Crippen LogP contribution in [0.1, 0.15) is 17.2 Å². The Morgan fingerprint density at radius 1 is 1.42 bits per heavy atom. The van der Waals surface area contributed by atoms with Gasteiger partial charge in [0, 0.05) is 22.8 Å². The molecule has 0 aliphatic rings. The number of hydrogen-bond donors (Lipinski definition) is 2. The molecule has 5 heteroatoms. The molecule has 0 saturated heterocycles. The molecule has 19 heavy (non-hydrogen) atoms. The number of rotatable bonds is 4. The van der Waals surface area contributed by atoms with Crippen LogP contribution in [0.4, 0.5) is 10.2 Å². The van der Waals surface area contributed by atoms with Crippen LogP contribution in [-0.2, 0) is 6.42 Å². The standard InChI is InChI=1S/C14H15ClFN3/c1-18-13(7-9-3-2-6-19-14(9)17)11-8-10(15)4-5-12(11)16/h2-6,8,13,18H,7H2,1H3,(H2,17,19). The minimum Gasteiger partial charge on any atom is -0.383 e. The largest absolute Gasteiger partial charge is 0.383 e. The monoisotopic (exact) mass is 279 g/mol. The van der Waals surface area contributed by atoms with Crippen molar-refractivity contribution in [2.75, 3.05) is 12.8 Å². The Balaban J connectivity index is 2.30. The van der Waals surface area contributed by atoms with Crippen molar-refractivity contribution in [2.45, 2.75) is 12.5 Å². The second-order valence-corrected chi connectivity index (χ2v) is 4.70. The van der Waals surface area contributed by atoms with Gasteiger partial charge < -0.3 is 11.1 Å². The van der Waals surface area contributed by atoms with E-state index in [2.05, 4.69) is 10.3 Å². The smallest absolute Gasteiger partial charge is 0.128 e. The summed E-state index contributed by atoms with van der Waals surface area (Å²) in [7, 11) is 1.78. The van der Waals surface area contributed by atoms with Crippen LogP contribution >= 0.6 is 11.6 Å².